The average molecular weight is 397 g/mol. The molecule has 144 valence electrons. The molecule has 0 aliphatic carbocycles. The normalized spacial score (nSPS) is 10.9. The molecule has 0 saturated heterocycles. The third-order valence-electron chi connectivity index (χ3n) is 3.33. The summed E-state index contributed by atoms with van der Waals surface area (Å²) in [5, 5.41) is 5.16. The number of halogens is 3. The van der Waals surface area contributed by atoms with Gasteiger partial charge in [-0.1, -0.05) is 23.9 Å². The number of nitrogens with zero attached hydrogens (tertiary/aromatic N) is 1. The Labute approximate surface area is 158 Å². The predicted molar refractivity (Wildman–Crippen MR) is 99.5 cm³/mol. The van der Waals surface area contributed by atoms with Gasteiger partial charge in [0.25, 0.3) is 5.76 Å². The van der Waals surface area contributed by atoms with Crippen molar-refractivity contribution in [3.8, 4) is 0 Å². The fourth-order valence-electron chi connectivity index (χ4n) is 2.24. The molecule has 2 N–H and O–H groups in total. The quantitative estimate of drug-likeness (QED) is 0.668. The minimum atomic E-state index is -2.60. The Morgan fingerprint density at radius 1 is 1.00 bits per heavy atom. The Morgan fingerprint density at radius 3 is 2.22 bits per heavy atom. The smallest absolute Gasteiger partial charge is 0.288 e. The second-order valence-corrected chi connectivity index (χ2v) is 6.68. The summed E-state index contributed by atoms with van der Waals surface area (Å²) >= 11 is 0.346. The Bertz CT molecular complexity index is 788. The van der Waals surface area contributed by atoms with Crippen LogP contribution in [-0.4, -0.2) is 42.6 Å². The number of para-hydroxylation sites is 1. The number of anilines is 2. The fourth-order valence-corrected chi connectivity index (χ4v) is 2.83. The van der Waals surface area contributed by atoms with Crippen LogP contribution < -0.4 is 10.6 Å². The molecule has 5 nitrogen and oxygen atoms in total. The second-order valence-electron chi connectivity index (χ2n) is 5.65. The van der Waals surface area contributed by atoms with Crippen LogP contribution in [0.3, 0.4) is 0 Å². The van der Waals surface area contributed by atoms with E-state index in [-0.39, 0.29) is 29.6 Å². The lowest BCUT2D eigenvalue weighted by Crippen LogP contribution is -2.36. The maximum Gasteiger partial charge on any atom is 0.288 e. The number of alkyl halides is 2. The molecule has 0 unspecified atom stereocenters. The number of hydrogen-bond acceptors (Lipinski definition) is 4. The molecule has 0 radical (unpaired) electrons. The number of carbonyl (C=O) groups is 2. The number of carbonyl (C=O) groups excluding carboxylic acids is 2. The van der Waals surface area contributed by atoms with Gasteiger partial charge in [0.05, 0.1) is 18.8 Å². The Kier molecular flexibility index (Phi) is 7.68. The molecule has 2 amide bonds. The number of amides is 2. The van der Waals surface area contributed by atoms with Crippen molar-refractivity contribution in [2.45, 2.75) is 10.7 Å². The van der Waals surface area contributed by atoms with E-state index in [9.17, 15) is 22.8 Å². The van der Waals surface area contributed by atoms with Crippen molar-refractivity contribution in [1.82, 2.24) is 4.90 Å². The first-order valence-electron chi connectivity index (χ1n) is 7.91. The van der Waals surface area contributed by atoms with Gasteiger partial charge in [-0.2, -0.15) is 8.78 Å². The van der Waals surface area contributed by atoms with Crippen LogP contribution in [0.15, 0.2) is 53.4 Å². The van der Waals surface area contributed by atoms with E-state index >= 15 is 0 Å². The minimum absolute atomic E-state index is 0.0712. The Morgan fingerprint density at radius 2 is 1.59 bits per heavy atom. The van der Waals surface area contributed by atoms with Crippen LogP contribution in [0.2, 0.25) is 0 Å². The van der Waals surface area contributed by atoms with E-state index in [1.807, 2.05) is 0 Å². The summed E-state index contributed by atoms with van der Waals surface area (Å²) in [6.07, 6.45) is 0. The lowest BCUT2D eigenvalue weighted by molar-refractivity contribution is -0.119. The molecule has 0 saturated carbocycles. The van der Waals surface area contributed by atoms with Gasteiger partial charge in [0, 0.05) is 10.6 Å². The molecular formula is C18H18F3N3O2S. The summed E-state index contributed by atoms with van der Waals surface area (Å²) in [5.41, 5.74) is 0.731. The molecule has 0 heterocycles. The van der Waals surface area contributed by atoms with Gasteiger partial charge in [-0.3, -0.25) is 14.5 Å². The van der Waals surface area contributed by atoms with Crippen LogP contribution in [-0.2, 0) is 9.59 Å². The van der Waals surface area contributed by atoms with Crippen LogP contribution in [0.4, 0.5) is 24.5 Å². The predicted octanol–water partition coefficient (Wildman–Crippen LogP) is 3.65. The molecule has 0 aromatic heterocycles. The van der Waals surface area contributed by atoms with E-state index in [1.165, 1.54) is 41.3 Å². The van der Waals surface area contributed by atoms with Gasteiger partial charge in [0.2, 0.25) is 11.8 Å². The monoisotopic (exact) mass is 397 g/mol. The zero-order valence-electron chi connectivity index (χ0n) is 14.4. The van der Waals surface area contributed by atoms with Gasteiger partial charge in [0.15, 0.2) is 0 Å². The van der Waals surface area contributed by atoms with Gasteiger partial charge in [-0.15, -0.1) is 0 Å². The summed E-state index contributed by atoms with van der Waals surface area (Å²) in [6, 6.07) is 11.6. The molecule has 2 aromatic rings. The molecule has 0 aliphatic heterocycles. The van der Waals surface area contributed by atoms with E-state index in [2.05, 4.69) is 10.6 Å². The maximum absolute atomic E-state index is 12.8. The first-order chi connectivity index (χ1) is 12.8. The lowest BCUT2D eigenvalue weighted by atomic mass is 10.3. The molecule has 27 heavy (non-hydrogen) atoms. The van der Waals surface area contributed by atoms with Gasteiger partial charge in [-0.25, -0.2) is 4.39 Å². The van der Waals surface area contributed by atoms with Crippen molar-refractivity contribution in [2.75, 3.05) is 30.8 Å². The Hall–Kier alpha value is -2.52. The standard InChI is InChI=1S/C18H18F3N3O2S/c1-24(10-16(25)22-13-8-6-12(19)7-9-13)11-17(26)23-14-4-2-3-5-15(14)27-18(20)21/h2-9,18H,10-11H2,1H3,(H,22,25)(H,23,26). The highest BCUT2D eigenvalue weighted by Crippen LogP contribution is 2.31. The van der Waals surface area contributed by atoms with Crippen LogP contribution in [0.25, 0.3) is 0 Å². The zero-order chi connectivity index (χ0) is 19.8. The molecule has 0 atom stereocenters. The molecule has 0 spiro atoms. The van der Waals surface area contributed by atoms with E-state index in [0.717, 1.165) is 0 Å². The van der Waals surface area contributed by atoms with Crippen molar-refractivity contribution < 1.29 is 22.8 Å². The number of rotatable bonds is 8. The average Bonchev–Trinajstić information content (AvgIpc) is 2.58. The number of nitrogens with one attached hydrogen (secondary N) is 2. The summed E-state index contributed by atoms with van der Waals surface area (Å²) in [7, 11) is 1.57. The third-order valence-corrected chi connectivity index (χ3v) is 4.12. The summed E-state index contributed by atoms with van der Waals surface area (Å²) in [4.78, 5) is 25.8. The summed E-state index contributed by atoms with van der Waals surface area (Å²) < 4.78 is 38.0. The van der Waals surface area contributed by atoms with Crippen LogP contribution in [0, 0.1) is 5.82 Å². The lowest BCUT2D eigenvalue weighted by Gasteiger charge is -2.17. The number of hydrogen-bond donors (Lipinski definition) is 2. The molecule has 0 bridgehead atoms. The van der Waals surface area contributed by atoms with E-state index < -0.39 is 17.5 Å². The van der Waals surface area contributed by atoms with Gasteiger partial charge in [-0.05, 0) is 43.4 Å². The van der Waals surface area contributed by atoms with Crippen LogP contribution >= 0.6 is 11.8 Å². The SMILES string of the molecule is CN(CC(=O)Nc1ccc(F)cc1)CC(=O)Nc1ccccc1SC(F)F. The highest BCUT2D eigenvalue weighted by atomic mass is 32.2. The van der Waals surface area contributed by atoms with Crippen LogP contribution in [0.5, 0.6) is 0 Å². The number of thioether (sulfide) groups is 1. The maximum atomic E-state index is 12.8. The third kappa shape index (κ3) is 7.32. The first-order valence-corrected chi connectivity index (χ1v) is 8.79. The minimum Gasteiger partial charge on any atom is -0.325 e. The zero-order valence-corrected chi connectivity index (χ0v) is 15.2. The highest BCUT2D eigenvalue weighted by molar-refractivity contribution is 7.99. The van der Waals surface area contributed by atoms with Crippen molar-refractivity contribution in [2.24, 2.45) is 0 Å². The van der Waals surface area contributed by atoms with Crippen molar-refractivity contribution in [3.05, 3.63) is 54.3 Å². The van der Waals surface area contributed by atoms with E-state index in [4.69, 9.17) is 0 Å². The van der Waals surface area contributed by atoms with Gasteiger partial charge >= 0.3 is 0 Å². The second kappa shape index (κ2) is 9.98. The number of likely N-dealkylation sites (N-methyl/N-ethyl adjacent to an activating group) is 1. The molecule has 2 aromatic carbocycles. The molecule has 0 fully saturated rings. The Balaban J connectivity index is 1.85. The van der Waals surface area contributed by atoms with E-state index in [1.54, 1.807) is 19.2 Å². The molecular weight excluding hydrogens is 379 g/mol. The first kappa shape index (κ1) is 20.8. The van der Waals surface area contributed by atoms with Crippen molar-refractivity contribution in [3.63, 3.8) is 0 Å². The van der Waals surface area contributed by atoms with Gasteiger partial charge < -0.3 is 10.6 Å². The van der Waals surface area contributed by atoms with E-state index in [0.29, 0.717) is 17.4 Å². The topological polar surface area (TPSA) is 61.4 Å². The largest absolute Gasteiger partial charge is 0.325 e. The molecule has 9 heteroatoms. The summed E-state index contributed by atoms with van der Waals surface area (Å²) in [6.45, 7) is -0.178. The fraction of sp³-hybridized carbons (Fsp3) is 0.222. The van der Waals surface area contributed by atoms with Crippen LogP contribution in [0.1, 0.15) is 0 Å². The molecule has 0 aliphatic rings. The highest BCUT2D eigenvalue weighted by Gasteiger charge is 2.14. The van der Waals surface area contributed by atoms with Crippen molar-refractivity contribution in [1.29, 1.82) is 0 Å². The van der Waals surface area contributed by atoms with Crippen molar-refractivity contribution >= 4 is 35.0 Å². The number of benzene rings is 2. The van der Waals surface area contributed by atoms with Gasteiger partial charge in [0.1, 0.15) is 5.82 Å². The molecule has 2 rings (SSSR count). The summed E-state index contributed by atoms with van der Waals surface area (Å²) in [5.74, 6) is -3.81.